The smallest absolute Gasteiger partial charge is 0.315 e. The maximum absolute atomic E-state index is 14.1. The SMILES string of the molecule is COc1c(F)cc(S(=O)(=O)NCC2NCCc3ccccc32)cc1[N+](=O)[O-]. The van der Waals surface area contributed by atoms with Gasteiger partial charge in [-0.25, -0.2) is 17.5 Å². The summed E-state index contributed by atoms with van der Waals surface area (Å²) in [5.41, 5.74) is 1.36. The maximum Gasteiger partial charge on any atom is 0.315 e. The van der Waals surface area contributed by atoms with E-state index < -0.39 is 37.1 Å². The highest BCUT2D eigenvalue weighted by Crippen LogP contribution is 2.32. The first-order valence-corrected chi connectivity index (χ1v) is 9.64. The van der Waals surface area contributed by atoms with Crippen molar-refractivity contribution in [1.29, 1.82) is 0 Å². The van der Waals surface area contributed by atoms with Crippen molar-refractivity contribution in [1.82, 2.24) is 10.0 Å². The van der Waals surface area contributed by atoms with Crippen LogP contribution < -0.4 is 14.8 Å². The summed E-state index contributed by atoms with van der Waals surface area (Å²) < 4.78 is 46.2. The molecule has 0 amide bonds. The molecular formula is C17H18FN3O5S. The van der Waals surface area contributed by atoms with Gasteiger partial charge < -0.3 is 10.1 Å². The van der Waals surface area contributed by atoms with Crippen molar-refractivity contribution in [3.8, 4) is 5.75 Å². The number of nitro groups is 1. The molecule has 0 saturated carbocycles. The highest BCUT2D eigenvalue weighted by molar-refractivity contribution is 7.89. The van der Waals surface area contributed by atoms with Gasteiger partial charge in [0.15, 0.2) is 5.82 Å². The summed E-state index contributed by atoms with van der Waals surface area (Å²) in [6, 6.07) is 8.93. The Morgan fingerprint density at radius 2 is 2.11 bits per heavy atom. The van der Waals surface area contributed by atoms with Gasteiger partial charge in [0.2, 0.25) is 15.8 Å². The molecule has 27 heavy (non-hydrogen) atoms. The number of hydrogen-bond acceptors (Lipinski definition) is 6. The van der Waals surface area contributed by atoms with Crippen LogP contribution in [0.4, 0.5) is 10.1 Å². The number of nitrogens with zero attached hydrogens (tertiary/aromatic N) is 1. The van der Waals surface area contributed by atoms with Gasteiger partial charge in [0, 0.05) is 18.7 Å². The van der Waals surface area contributed by atoms with Gasteiger partial charge in [0.1, 0.15) is 0 Å². The lowest BCUT2D eigenvalue weighted by molar-refractivity contribution is -0.386. The number of fused-ring (bicyclic) bond motifs is 1. The molecule has 3 rings (SSSR count). The first-order valence-electron chi connectivity index (χ1n) is 8.16. The zero-order valence-electron chi connectivity index (χ0n) is 14.4. The van der Waals surface area contributed by atoms with E-state index in [4.69, 9.17) is 0 Å². The Morgan fingerprint density at radius 1 is 1.37 bits per heavy atom. The molecule has 2 aromatic carbocycles. The predicted molar refractivity (Wildman–Crippen MR) is 95.7 cm³/mol. The van der Waals surface area contributed by atoms with Crippen molar-refractivity contribution in [3.63, 3.8) is 0 Å². The van der Waals surface area contributed by atoms with Crippen molar-refractivity contribution >= 4 is 15.7 Å². The Bertz CT molecular complexity index is 981. The molecule has 0 bridgehead atoms. The zero-order chi connectivity index (χ0) is 19.6. The lowest BCUT2D eigenvalue weighted by Crippen LogP contribution is -2.38. The van der Waals surface area contributed by atoms with E-state index >= 15 is 0 Å². The van der Waals surface area contributed by atoms with Crippen LogP contribution in [0.5, 0.6) is 5.75 Å². The van der Waals surface area contributed by atoms with E-state index in [9.17, 15) is 22.9 Å². The van der Waals surface area contributed by atoms with Crippen molar-refractivity contribution in [2.24, 2.45) is 0 Å². The Hall–Kier alpha value is -2.56. The Kier molecular flexibility index (Phi) is 5.40. The molecule has 0 spiro atoms. The summed E-state index contributed by atoms with van der Waals surface area (Å²) in [6.45, 7) is 0.729. The minimum absolute atomic E-state index is 0.0286. The fourth-order valence-corrected chi connectivity index (χ4v) is 4.18. The summed E-state index contributed by atoms with van der Waals surface area (Å²) in [5.74, 6) is -1.73. The molecule has 0 radical (unpaired) electrons. The standard InChI is InChI=1S/C17H18FN3O5S/c1-26-17-14(18)8-12(9-16(17)21(22)23)27(24,25)20-10-15-13-5-3-2-4-11(13)6-7-19-15/h2-5,8-9,15,19-20H,6-7,10H2,1H3. The van der Waals surface area contributed by atoms with Crippen LogP contribution in [0, 0.1) is 15.9 Å². The number of nitro benzene ring substituents is 1. The van der Waals surface area contributed by atoms with E-state index in [1.807, 2.05) is 24.3 Å². The Balaban J connectivity index is 1.85. The lowest BCUT2D eigenvalue weighted by Gasteiger charge is -2.27. The highest BCUT2D eigenvalue weighted by atomic mass is 32.2. The van der Waals surface area contributed by atoms with Gasteiger partial charge in [-0.2, -0.15) is 0 Å². The van der Waals surface area contributed by atoms with Crippen LogP contribution >= 0.6 is 0 Å². The summed E-state index contributed by atoms with van der Waals surface area (Å²) >= 11 is 0. The maximum atomic E-state index is 14.1. The van der Waals surface area contributed by atoms with E-state index in [1.165, 1.54) is 0 Å². The fraction of sp³-hybridized carbons (Fsp3) is 0.294. The molecule has 0 fully saturated rings. The quantitative estimate of drug-likeness (QED) is 0.571. The van der Waals surface area contributed by atoms with Gasteiger partial charge >= 0.3 is 5.69 Å². The van der Waals surface area contributed by atoms with Gasteiger partial charge in [0.05, 0.1) is 16.9 Å². The second-order valence-electron chi connectivity index (χ2n) is 6.02. The highest BCUT2D eigenvalue weighted by Gasteiger charge is 2.27. The van der Waals surface area contributed by atoms with Crippen LogP contribution in [-0.2, 0) is 16.4 Å². The molecule has 0 saturated heterocycles. The molecule has 2 N–H and O–H groups in total. The predicted octanol–water partition coefficient (Wildman–Crippen LogP) is 1.91. The van der Waals surface area contributed by atoms with Crippen molar-refractivity contribution in [2.45, 2.75) is 17.4 Å². The van der Waals surface area contributed by atoms with Crippen LogP contribution in [0.3, 0.4) is 0 Å². The summed E-state index contributed by atoms with van der Waals surface area (Å²) in [6.07, 6.45) is 0.843. The molecule has 10 heteroatoms. The van der Waals surface area contributed by atoms with Crippen LogP contribution in [0.2, 0.25) is 0 Å². The van der Waals surface area contributed by atoms with Crippen LogP contribution in [0.1, 0.15) is 17.2 Å². The number of benzene rings is 2. The molecule has 144 valence electrons. The van der Waals surface area contributed by atoms with E-state index in [-0.39, 0.29) is 12.6 Å². The second-order valence-corrected chi connectivity index (χ2v) is 7.79. The number of hydrogen-bond donors (Lipinski definition) is 2. The molecule has 1 heterocycles. The topological polar surface area (TPSA) is 111 Å². The van der Waals surface area contributed by atoms with Crippen LogP contribution in [-0.4, -0.2) is 33.5 Å². The third-order valence-corrected chi connectivity index (χ3v) is 5.80. The van der Waals surface area contributed by atoms with E-state index in [2.05, 4.69) is 14.8 Å². The average molecular weight is 395 g/mol. The van der Waals surface area contributed by atoms with Crippen LogP contribution in [0.25, 0.3) is 0 Å². The first kappa shape index (κ1) is 19.2. The number of sulfonamides is 1. The van der Waals surface area contributed by atoms with Crippen molar-refractivity contribution in [2.75, 3.05) is 20.2 Å². The molecular weight excluding hydrogens is 377 g/mol. The van der Waals surface area contributed by atoms with Gasteiger partial charge in [-0.3, -0.25) is 10.1 Å². The molecule has 8 nitrogen and oxygen atoms in total. The fourth-order valence-electron chi connectivity index (χ4n) is 3.10. The van der Waals surface area contributed by atoms with Crippen molar-refractivity contribution < 1.29 is 22.5 Å². The number of rotatable bonds is 6. The number of ether oxygens (including phenoxy) is 1. The van der Waals surface area contributed by atoms with Gasteiger partial charge in [-0.15, -0.1) is 0 Å². The molecule has 0 aromatic heterocycles. The first-order chi connectivity index (χ1) is 12.8. The van der Waals surface area contributed by atoms with E-state index in [1.54, 1.807) is 0 Å². The minimum atomic E-state index is -4.16. The number of halogens is 1. The molecule has 2 aromatic rings. The zero-order valence-corrected chi connectivity index (χ0v) is 15.3. The van der Waals surface area contributed by atoms with E-state index in [0.717, 1.165) is 30.7 Å². The molecule has 1 unspecified atom stereocenters. The average Bonchev–Trinajstić information content (AvgIpc) is 2.65. The third-order valence-electron chi connectivity index (χ3n) is 4.40. The third kappa shape index (κ3) is 3.92. The number of methoxy groups -OCH3 is 1. The normalized spacial score (nSPS) is 16.6. The largest absolute Gasteiger partial charge is 0.488 e. The summed E-state index contributed by atoms with van der Waals surface area (Å²) in [4.78, 5) is 9.67. The summed E-state index contributed by atoms with van der Waals surface area (Å²) in [5, 5.41) is 14.3. The van der Waals surface area contributed by atoms with Gasteiger partial charge in [-0.05, 0) is 30.2 Å². The van der Waals surface area contributed by atoms with Crippen LogP contribution in [0.15, 0.2) is 41.3 Å². The Morgan fingerprint density at radius 3 is 2.81 bits per heavy atom. The summed E-state index contributed by atoms with van der Waals surface area (Å²) in [7, 11) is -3.08. The number of nitrogens with one attached hydrogen (secondary N) is 2. The lowest BCUT2D eigenvalue weighted by atomic mass is 9.95. The van der Waals surface area contributed by atoms with E-state index in [0.29, 0.717) is 12.6 Å². The second kappa shape index (κ2) is 7.59. The van der Waals surface area contributed by atoms with Gasteiger partial charge in [0.25, 0.3) is 0 Å². The monoisotopic (exact) mass is 395 g/mol. The van der Waals surface area contributed by atoms with Crippen molar-refractivity contribution in [3.05, 3.63) is 63.5 Å². The minimum Gasteiger partial charge on any atom is -0.488 e. The molecule has 0 aliphatic carbocycles. The van der Waals surface area contributed by atoms with Gasteiger partial charge in [-0.1, -0.05) is 24.3 Å². The Labute approximate surface area is 155 Å². The molecule has 1 aliphatic heterocycles. The molecule has 1 atom stereocenters. The molecule has 1 aliphatic rings.